The van der Waals surface area contributed by atoms with Crippen LogP contribution < -0.4 is 0 Å². The van der Waals surface area contributed by atoms with Crippen LogP contribution in [0.3, 0.4) is 0 Å². The van der Waals surface area contributed by atoms with Gasteiger partial charge in [0.05, 0.1) is 6.42 Å². The summed E-state index contributed by atoms with van der Waals surface area (Å²) in [6, 6.07) is 0. The maximum absolute atomic E-state index is 10.6. The van der Waals surface area contributed by atoms with E-state index in [1.165, 1.54) is 0 Å². The van der Waals surface area contributed by atoms with E-state index >= 15 is 0 Å². The molecule has 0 unspecified atom stereocenters. The summed E-state index contributed by atoms with van der Waals surface area (Å²) in [5.41, 5.74) is 0.813. The minimum Gasteiger partial charge on any atom is -0.241 e. The van der Waals surface area contributed by atoms with E-state index in [4.69, 9.17) is 0 Å². The van der Waals surface area contributed by atoms with Crippen LogP contribution in [0.2, 0.25) is 0 Å². The van der Waals surface area contributed by atoms with Gasteiger partial charge in [0.1, 0.15) is 5.57 Å². The Hall–Kier alpha value is -0.720. The van der Waals surface area contributed by atoms with E-state index in [0.29, 0.717) is 0 Å². The van der Waals surface area contributed by atoms with E-state index in [9.17, 15) is 4.79 Å². The molecule has 0 rings (SSSR count). The molecule has 0 atom stereocenters. The van der Waals surface area contributed by atoms with Gasteiger partial charge in [-0.15, -0.1) is 0 Å². The summed E-state index contributed by atoms with van der Waals surface area (Å²) >= 11 is 0. The van der Waals surface area contributed by atoms with Gasteiger partial charge in [-0.1, -0.05) is 0 Å². The molecule has 0 amide bonds. The Kier molecular flexibility index (Phi) is 3.01. The molecule has 0 radical (unpaired) electrons. The quantitative estimate of drug-likeness (QED) is 0.392. The summed E-state index contributed by atoms with van der Waals surface area (Å²) in [6.45, 7) is 5.41. The lowest BCUT2D eigenvalue weighted by Crippen LogP contribution is -1.95. The Labute approximate surface area is 50.4 Å². The zero-order valence-corrected chi connectivity index (χ0v) is 5.56. The van der Waals surface area contributed by atoms with Crippen LogP contribution in [0.25, 0.3) is 0 Å². The van der Waals surface area contributed by atoms with Crippen LogP contribution >= 0.6 is 0 Å². The average molecular weight is 111 g/mol. The van der Waals surface area contributed by atoms with Crippen LogP contribution in [-0.2, 0) is 4.79 Å². The van der Waals surface area contributed by atoms with Crippen molar-refractivity contribution in [3.63, 3.8) is 0 Å². The molecule has 0 N–H and O–H groups in total. The molecule has 0 aromatic rings. The molecule has 0 saturated carbocycles. The summed E-state index contributed by atoms with van der Waals surface area (Å²) in [6.07, 6.45) is 3.37. The van der Waals surface area contributed by atoms with Crippen LogP contribution in [-0.4, -0.2) is 5.78 Å². The molecule has 0 bridgehead atoms. The van der Waals surface area contributed by atoms with Gasteiger partial charge in [0.15, 0.2) is 0 Å². The van der Waals surface area contributed by atoms with Crippen LogP contribution in [0, 0.1) is 6.42 Å². The first-order chi connectivity index (χ1) is 3.72. The predicted molar refractivity (Wildman–Crippen MR) is 34.4 cm³/mol. The van der Waals surface area contributed by atoms with Gasteiger partial charge in [0.2, 0.25) is 0 Å². The van der Waals surface area contributed by atoms with Gasteiger partial charge in [-0.05, 0) is 6.92 Å². The molecule has 0 aliphatic heterocycles. The lowest BCUT2D eigenvalue weighted by Gasteiger charge is -1.79. The molecule has 0 aliphatic carbocycles. The highest BCUT2D eigenvalue weighted by molar-refractivity contribution is 6.00. The first kappa shape index (κ1) is 7.28. The number of rotatable bonds is 2. The Morgan fingerprint density at radius 3 is 2.25 bits per heavy atom. The van der Waals surface area contributed by atoms with E-state index < -0.39 is 0 Å². The first-order valence-corrected chi connectivity index (χ1v) is 2.69. The second-order valence-electron chi connectivity index (χ2n) is 1.62. The molecule has 0 fully saturated rings. The third-order valence-electron chi connectivity index (χ3n) is 1.08. The summed E-state index contributed by atoms with van der Waals surface area (Å²) < 4.78 is 0. The van der Waals surface area contributed by atoms with Crippen molar-refractivity contribution < 1.29 is 4.79 Å². The van der Waals surface area contributed by atoms with Gasteiger partial charge in [0.25, 0.3) is 0 Å². The standard InChI is InChI=1S/C7H11O/c1-4-6(3)7(8)5-2/h4-5H,1-3H3/q+1/b6-4+. The van der Waals surface area contributed by atoms with Crippen molar-refractivity contribution >= 4 is 5.78 Å². The molecule has 0 aliphatic rings. The lowest BCUT2D eigenvalue weighted by molar-refractivity contribution is -0.112. The van der Waals surface area contributed by atoms with Gasteiger partial charge in [-0.2, -0.15) is 0 Å². The second-order valence-corrected chi connectivity index (χ2v) is 1.62. The summed E-state index contributed by atoms with van der Waals surface area (Å²) in [5, 5.41) is 0. The zero-order chi connectivity index (χ0) is 6.57. The highest BCUT2D eigenvalue weighted by Gasteiger charge is 2.08. The molecule has 0 aromatic carbocycles. The Balaban J connectivity index is 3.83. The van der Waals surface area contributed by atoms with E-state index in [-0.39, 0.29) is 5.78 Å². The number of carbonyl (C=O) groups is 1. The first-order valence-electron chi connectivity index (χ1n) is 2.69. The number of Topliss-reactive ketones (excluding diaryl/α,β-unsaturated/α-hetero) is 1. The fourth-order valence-corrected chi connectivity index (χ4v) is 0.370. The normalized spacial score (nSPS) is 11.1. The summed E-state index contributed by atoms with van der Waals surface area (Å²) in [5.74, 6) is 0.118. The van der Waals surface area contributed by atoms with Crippen LogP contribution in [0.5, 0.6) is 0 Å². The summed E-state index contributed by atoms with van der Waals surface area (Å²) in [4.78, 5) is 10.6. The van der Waals surface area contributed by atoms with Crippen LogP contribution in [0.15, 0.2) is 11.6 Å². The Bertz CT molecular complexity index is 112. The van der Waals surface area contributed by atoms with Crippen molar-refractivity contribution in [1.82, 2.24) is 0 Å². The largest absolute Gasteiger partial charge is 0.331 e. The molecule has 8 heavy (non-hydrogen) atoms. The molecule has 0 saturated heterocycles. The number of allylic oxidation sites excluding steroid dienone is 2. The van der Waals surface area contributed by atoms with Gasteiger partial charge in [-0.25, -0.2) is 4.79 Å². The van der Waals surface area contributed by atoms with Gasteiger partial charge >= 0.3 is 5.78 Å². The Morgan fingerprint density at radius 2 is 2.12 bits per heavy atom. The molecule has 0 aromatic heterocycles. The molecular formula is C7H11O+. The van der Waals surface area contributed by atoms with Crippen LogP contribution in [0.1, 0.15) is 20.8 Å². The zero-order valence-electron chi connectivity index (χ0n) is 5.56. The molecular weight excluding hydrogens is 100 g/mol. The van der Waals surface area contributed by atoms with Crippen molar-refractivity contribution in [2.24, 2.45) is 0 Å². The van der Waals surface area contributed by atoms with Gasteiger partial charge < -0.3 is 0 Å². The lowest BCUT2D eigenvalue weighted by atomic mass is 10.1. The molecule has 0 heterocycles. The Morgan fingerprint density at radius 1 is 1.62 bits per heavy atom. The van der Waals surface area contributed by atoms with Crippen molar-refractivity contribution in [1.29, 1.82) is 0 Å². The van der Waals surface area contributed by atoms with Gasteiger partial charge in [-0.3, -0.25) is 0 Å². The topological polar surface area (TPSA) is 17.1 Å². The third kappa shape index (κ3) is 1.82. The third-order valence-corrected chi connectivity index (χ3v) is 1.08. The second kappa shape index (κ2) is 3.30. The molecule has 1 nitrogen and oxygen atoms in total. The van der Waals surface area contributed by atoms with Gasteiger partial charge in [0, 0.05) is 19.9 Å². The van der Waals surface area contributed by atoms with Crippen molar-refractivity contribution in [3.05, 3.63) is 18.1 Å². The minimum absolute atomic E-state index is 0.118. The van der Waals surface area contributed by atoms with Crippen molar-refractivity contribution in [2.45, 2.75) is 20.8 Å². The fraction of sp³-hybridized carbons (Fsp3) is 0.429. The van der Waals surface area contributed by atoms with E-state index in [2.05, 4.69) is 0 Å². The number of hydrogen-bond acceptors (Lipinski definition) is 1. The SMILES string of the molecule is C/C=C(\C)C(=O)[CH+]C. The highest BCUT2D eigenvalue weighted by atomic mass is 16.1. The molecule has 1 heteroatoms. The van der Waals surface area contributed by atoms with E-state index in [1.807, 2.05) is 19.9 Å². The van der Waals surface area contributed by atoms with Crippen molar-refractivity contribution in [2.75, 3.05) is 0 Å². The maximum atomic E-state index is 10.6. The summed E-state index contributed by atoms with van der Waals surface area (Å²) in [7, 11) is 0. The minimum atomic E-state index is 0.118. The highest BCUT2D eigenvalue weighted by Crippen LogP contribution is 1.95. The van der Waals surface area contributed by atoms with E-state index in [0.717, 1.165) is 5.57 Å². The molecule has 44 valence electrons. The average Bonchev–Trinajstić information content (AvgIpc) is 1.84. The number of carbonyl (C=O) groups excluding carboxylic acids is 1. The monoisotopic (exact) mass is 111 g/mol. The van der Waals surface area contributed by atoms with Crippen molar-refractivity contribution in [3.8, 4) is 0 Å². The van der Waals surface area contributed by atoms with E-state index in [1.54, 1.807) is 13.3 Å². The maximum Gasteiger partial charge on any atom is 0.331 e. The fourth-order valence-electron chi connectivity index (χ4n) is 0.370. The number of hydrogen-bond donors (Lipinski definition) is 0. The predicted octanol–water partition coefficient (Wildman–Crippen LogP) is 1.75. The molecule has 0 spiro atoms. The smallest absolute Gasteiger partial charge is 0.241 e. The number of ketones is 1. The van der Waals surface area contributed by atoms with Crippen LogP contribution in [0.4, 0.5) is 0 Å².